The van der Waals surface area contributed by atoms with Crippen LogP contribution in [0.4, 0.5) is 5.82 Å². The quantitative estimate of drug-likeness (QED) is 0.377. The molecule has 6 heteroatoms. The fourth-order valence-electron chi connectivity index (χ4n) is 3.89. The topological polar surface area (TPSA) is 71.5 Å². The van der Waals surface area contributed by atoms with Crippen molar-refractivity contribution < 1.29 is 14.3 Å². The number of carbonyl (C=O) groups excluding carboxylic acids is 2. The van der Waals surface area contributed by atoms with Crippen molar-refractivity contribution in [2.45, 2.75) is 64.8 Å². The number of amides is 1. The summed E-state index contributed by atoms with van der Waals surface area (Å²) in [5.41, 5.74) is 1.63. The largest absolute Gasteiger partial charge is 0.494 e. The molecule has 172 valence electrons. The minimum atomic E-state index is -0.123. The van der Waals surface area contributed by atoms with E-state index in [1.165, 1.54) is 19.3 Å². The third-order valence-electron chi connectivity index (χ3n) is 5.77. The van der Waals surface area contributed by atoms with Gasteiger partial charge in [0.2, 0.25) is 5.91 Å². The summed E-state index contributed by atoms with van der Waals surface area (Å²) in [6.45, 7) is 5.30. The van der Waals surface area contributed by atoms with Crippen molar-refractivity contribution in [2.75, 3.05) is 24.6 Å². The van der Waals surface area contributed by atoms with Crippen LogP contribution in [0.15, 0.2) is 42.6 Å². The van der Waals surface area contributed by atoms with Gasteiger partial charge in [-0.1, -0.05) is 25.8 Å². The average molecular weight is 438 g/mol. The van der Waals surface area contributed by atoms with Crippen molar-refractivity contribution in [3.63, 3.8) is 0 Å². The van der Waals surface area contributed by atoms with E-state index in [0.717, 1.165) is 49.5 Å². The van der Waals surface area contributed by atoms with Crippen molar-refractivity contribution >= 4 is 17.5 Å². The molecule has 1 aliphatic heterocycles. The van der Waals surface area contributed by atoms with Gasteiger partial charge in [-0.15, -0.1) is 0 Å². The molecule has 1 aliphatic rings. The zero-order chi connectivity index (χ0) is 22.6. The van der Waals surface area contributed by atoms with Gasteiger partial charge in [0.15, 0.2) is 5.78 Å². The van der Waals surface area contributed by atoms with Crippen LogP contribution in [-0.2, 0) is 11.3 Å². The van der Waals surface area contributed by atoms with Gasteiger partial charge in [0.05, 0.1) is 6.61 Å². The lowest BCUT2D eigenvalue weighted by molar-refractivity contribution is -0.121. The first-order valence-electron chi connectivity index (χ1n) is 11.9. The Morgan fingerprint density at radius 3 is 2.56 bits per heavy atom. The van der Waals surface area contributed by atoms with E-state index >= 15 is 0 Å². The monoisotopic (exact) mass is 437 g/mol. The van der Waals surface area contributed by atoms with Crippen molar-refractivity contribution in [3.8, 4) is 5.75 Å². The highest BCUT2D eigenvalue weighted by Gasteiger charge is 2.16. The standard InChI is InChI=1S/C26H35N3O3/c1-2-3-7-19-32-23-12-10-21(11-13-23)24(30)14-15-25(31)28-20-22-9-8-16-27-26(22)29-17-5-4-6-18-29/h8-13,16H,2-7,14-15,17-20H2,1H3,(H,28,31). The molecule has 6 nitrogen and oxygen atoms in total. The van der Waals surface area contributed by atoms with Crippen molar-refractivity contribution in [1.29, 1.82) is 0 Å². The number of carbonyl (C=O) groups is 2. The molecule has 2 aromatic rings. The maximum absolute atomic E-state index is 12.5. The number of piperidine rings is 1. The van der Waals surface area contributed by atoms with E-state index in [2.05, 4.69) is 22.1 Å². The molecule has 1 fully saturated rings. The highest BCUT2D eigenvalue weighted by Crippen LogP contribution is 2.21. The number of ketones is 1. The Kier molecular flexibility index (Phi) is 9.54. The predicted octanol–water partition coefficient (Wildman–Crippen LogP) is 4.92. The Morgan fingerprint density at radius 2 is 1.81 bits per heavy atom. The van der Waals surface area contributed by atoms with E-state index in [0.29, 0.717) is 18.7 Å². The smallest absolute Gasteiger partial charge is 0.220 e. The third-order valence-corrected chi connectivity index (χ3v) is 5.77. The summed E-state index contributed by atoms with van der Waals surface area (Å²) in [4.78, 5) is 31.6. The van der Waals surface area contributed by atoms with Crippen LogP contribution in [0.3, 0.4) is 0 Å². The second-order valence-electron chi connectivity index (χ2n) is 8.31. The van der Waals surface area contributed by atoms with Gasteiger partial charge in [-0.25, -0.2) is 4.98 Å². The third kappa shape index (κ3) is 7.36. The number of Topliss-reactive ketones (excluding diaryl/α,β-unsaturated/α-hetero) is 1. The molecule has 0 atom stereocenters. The lowest BCUT2D eigenvalue weighted by atomic mass is 10.1. The van der Waals surface area contributed by atoms with Crippen LogP contribution in [0.25, 0.3) is 0 Å². The fraction of sp³-hybridized carbons (Fsp3) is 0.500. The average Bonchev–Trinajstić information content (AvgIpc) is 2.85. The molecule has 0 unspecified atom stereocenters. The van der Waals surface area contributed by atoms with E-state index in [-0.39, 0.29) is 24.5 Å². The van der Waals surface area contributed by atoms with Gasteiger partial charge < -0.3 is 15.0 Å². The highest BCUT2D eigenvalue weighted by molar-refractivity contribution is 5.98. The lowest BCUT2D eigenvalue weighted by Crippen LogP contribution is -2.32. The molecule has 1 aromatic heterocycles. The fourth-order valence-corrected chi connectivity index (χ4v) is 3.89. The highest BCUT2D eigenvalue weighted by atomic mass is 16.5. The SMILES string of the molecule is CCCCCOc1ccc(C(=O)CCC(=O)NCc2cccnc2N2CCCCC2)cc1. The zero-order valence-electron chi connectivity index (χ0n) is 19.1. The molecule has 0 bridgehead atoms. The number of hydrogen-bond acceptors (Lipinski definition) is 5. The molecule has 32 heavy (non-hydrogen) atoms. The molecule has 1 N–H and O–H groups in total. The van der Waals surface area contributed by atoms with E-state index in [9.17, 15) is 9.59 Å². The van der Waals surface area contributed by atoms with Crippen molar-refractivity contribution in [2.24, 2.45) is 0 Å². The van der Waals surface area contributed by atoms with E-state index < -0.39 is 0 Å². The normalized spacial score (nSPS) is 13.6. The second kappa shape index (κ2) is 12.8. The van der Waals surface area contributed by atoms with E-state index in [1.54, 1.807) is 18.3 Å². The van der Waals surface area contributed by atoms with Crippen molar-refractivity contribution in [1.82, 2.24) is 10.3 Å². The maximum Gasteiger partial charge on any atom is 0.220 e. The van der Waals surface area contributed by atoms with Gasteiger partial charge in [-0.2, -0.15) is 0 Å². The maximum atomic E-state index is 12.5. The second-order valence-corrected chi connectivity index (χ2v) is 8.31. The van der Waals surface area contributed by atoms with E-state index in [4.69, 9.17) is 4.74 Å². The summed E-state index contributed by atoms with van der Waals surface area (Å²) >= 11 is 0. The Hall–Kier alpha value is -2.89. The van der Waals surface area contributed by atoms with Gasteiger partial charge >= 0.3 is 0 Å². The summed E-state index contributed by atoms with van der Waals surface area (Å²) in [6, 6.07) is 11.1. The van der Waals surface area contributed by atoms with Crippen LogP contribution < -0.4 is 15.0 Å². The number of pyridine rings is 1. The number of nitrogens with one attached hydrogen (secondary N) is 1. The zero-order valence-corrected chi connectivity index (χ0v) is 19.1. The summed E-state index contributed by atoms with van der Waals surface area (Å²) < 4.78 is 5.68. The van der Waals surface area contributed by atoms with Gasteiger partial charge in [-0.05, 0) is 56.0 Å². The Bertz CT molecular complexity index is 861. The lowest BCUT2D eigenvalue weighted by Gasteiger charge is -2.29. The summed E-state index contributed by atoms with van der Waals surface area (Å²) in [5, 5.41) is 2.95. The molecule has 0 aliphatic carbocycles. The molecule has 0 saturated carbocycles. The molecular formula is C26H35N3O3. The Balaban J connectivity index is 1.43. The number of hydrogen-bond donors (Lipinski definition) is 1. The number of nitrogens with zero attached hydrogens (tertiary/aromatic N) is 2. The number of ether oxygens (including phenoxy) is 1. The van der Waals surface area contributed by atoms with Gasteiger partial charge in [0.25, 0.3) is 0 Å². The van der Waals surface area contributed by atoms with Gasteiger partial charge in [0.1, 0.15) is 11.6 Å². The minimum Gasteiger partial charge on any atom is -0.494 e. The molecular weight excluding hydrogens is 402 g/mol. The minimum absolute atomic E-state index is 0.0342. The molecule has 2 heterocycles. The summed E-state index contributed by atoms with van der Waals surface area (Å²) in [5.74, 6) is 1.58. The van der Waals surface area contributed by atoms with Gasteiger partial charge in [0, 0.05) is 49.8 Å². The number of unbranched alkanes of at least 4 members (excludes halogenated alkanes) is 2. The Labute approximate surface area is 191 Å². The van der Waals surface area contributed by atoms with E-state index in [1.807, 2.05) is 24.3 Å². The molecule has 1 aromatic carbocycles. The van der Waals surface area contributed by atoms with Crippen LogP contribution in [0, 0.1) is 0 Å². The van der Waals surface area contributed by atoms with Crippen LogP contribution in [-0.4, -0.2) is 36.4 Å². The molecule has 3 rings (SSSR count). The first-order valence-corrected chi connectivity index (χ1v) is 11.9. The number of benzene rings is 1. The molecule has 0 radical (unpaired) electrons. The number of anilines is 1. The predicted molar refractivity (Wildman–Crippen MR) is 127 cm³/mol. The first kappa shape index (κ1) is 23.8. The van der Waals surface area contributed by atoms with Crippen LogP contribution in [0.2, 0.25) is 0 Å². The molecule has 0 spiro atoms. The molecule has 1 saturated heterocycles. The number of aromatic nitrogens is 1. The van der Waals surface area contributed by atoms with Crippen LogP contribution in [0.1, 0.15) is 74.2 Å². The van der Waals surface area contributed by atoms with Crippen molar-refractivity contribution in [3.05, 3.63) is 53.7 Å². The summed E-state index contributed by atoms with van der Waals surface area (Å²) in [6.07, 6.45) is 9.12. The number of rotatable bonds is 12. The molecule has 1 amide bonds. The summed E-state index contributed by atoms with van der Waals surface area (Å²) in [7, 11) is 0. The first-order chi connectivity index (χ1) is 15.7. The van der Waals surface area contributed by atoms with Crippen LogP contribution >= 0.6 is 0 Å². The Morgan fingerprint density at radius 1 is 1.03 bits per heavy atom. The van der Waals surface area contributed by atoms with Crippen LogP contribution in [0.5, 0.6) is 5.75 Å². The van der Waals surface area contributed by atoms with Gasteiger partial charge in [-0.3, -0.25) is 9.59 Å².